The molecule has 154 valence electrons. The van der Waals surface area contributed by atoms with Crippen molar-refractivity contribution in [2.45, 2.75) is 49.6 Å². The van der Waals surface area contributed by atoms with Gasteiger partial charge < -0.3 is 10.1 Å². The number of carbonyl (C=O) groups excluding carboxylic acids is 2. The van der Waals surface area contributed by atoms with Crippen molar-refractivity contribution in [2.75, 3.05) is 4.72 Å². The zero-order valence-electron chi connectivity index (χ0n) is 16.1. The zero-order valence-corrected chi connectivity index (χ0v) is 16.9. The van der Waals surface area contributed by atoms with Gasteiger partial charge in [0.2, 0.25) is 0 Å². The monoisotopic (exact) mass is 416 g/mol. The van der Waals surface area contributed by atoms with Crippen LogP contribution in [0.5, 0.6) is 0 Å². The van der Waals surface area contributed by atoms with E-state index in [2.05, 4.69) is 10.0 Å². The van der Waals surface area contributed by atoms with Crippen molar-refractivity contribution in [3.63, 3.8) is 0 Å². The first-order valence-corrected chi connectivity index (χ1v) is 11.0. The number of ether oxygens (including phenoxy) is 1. The van der Waals surface area contributed by atoms with E-state index in [0.29, 0.717) is 5.69 Å². The van der Waals surface area contributed by atoms with Crippen molar-refractivity contribution in [1.29, 1.82) is 0 Å². The van der Waals surface area contributed by atoms with Crippen LogP contribution < -0.4 is 10.0 Å². The molecule has 1 aliphatic carbocycles. The number of sulfonamides is 1. The molecule has 1 amide bonds. The Morgan fingerprint density at radius 1 is 1.00 bits per heavy atom. The predicted octanol–water partition coefficient (Wildman–Crippen LogP) is 3.09. The summed E-state index contributed by atoms with van der Waals surface area (Å²) in [5, 5.41) is 2.88. The maximum atomic E-state index is 12.4. The van der Waals surface area contributed by atoms with Gasteiger partial charge in [-0.2, -0.15) is 0 Å². The van der Waals surface area contributed by atoms with Gasteiger partial charge in [-0.15, -0.1) is 0 Å². The van der Waals surface area contributed by atoms with E-state index in [4.69, 9.17) is 4.74 Å². The molecule has 29 heavy (non-hydrogen) atoms. The smallest absolute Gasteiger partial charge is 0.338 e. The molecule has 0 unspecified atom stereocenters. The number of para-hydroxylation sites is 1. The van der Waals surface area contributed by atoms with Crippen molar-refractivity contribution >= 4 is 27.6 Å². The normalized spacial score (nSPS) is 15.5. The van der Waals surface area contributed by atoms with E-state index in [-0.39, 0.29) is 22.4 Å². The second kappa shape index (κ2) is 9.09. The standard InChI is InChI=1S/C21H24N2O5S/c1-15(20(24)22-17-7-5-6-8-17)28-21(25)16-11-13-19(14-12-16)29(26,27)23-18-9-3-2-4-10-18/h2-4,9-15,17,23H,5-8H2,1H3,(H,22,24)/t15-/m0/s1. The lowest BCUT2D eigenvalue weighted by Crippen LogP contribution is -2.40. The largest absolute Gasteiger partial charge is 0.449 e. The summed E-state index contributed by atoms with van der Waals surface area (Å²) in [6.07, 6.45) is 3.14. The number of rotatable bonds is 7. The molecule has 7 nitrogen and oxygen atoms in total. The van der Waals surface area contributed by atoms with Gasteiger partial charge in [-0.3, -0.25) is 9.52 Å². The fraction of sp³-hybridized carbons (Fsp3) is 0.333. The fourth-order valence-corrected chi connectivity index (χ4v) is 4.22. The van der Waals surface area contributed by atoms with Gasteiger partial charge in [0, 0.05) is 11.7 Å². The summed E-state index contributed by atoms with van der Waals surface area (Å²) in [7, 11) is -3.77. The minimum atomic E-state index is -3.77. The molecule has 0 saturated heterocycles. The second-order valence-electron chi connectivity index (χ2n) is 7.03. The highest BCUT2D eigenvalue weighted by atomic mass is 32.2. The zero-order chi connectivity index (χ0) is 20.9. The number of carbonyl (C=O) groups is 2. The summed E-state index contributed by atoms with van der Waals surface area (Å²) in [6, 6.07) is 14.0. The van der Waals surface area contributed by atoms with Crippen molar-refractivity contribution in [1.82, 2.24) is 5.32 Å². The van der Waals surface area contributed by atoms with Gasteiger partial charge in [-0.1, -0.05) is 31.0 Å². The molecule has 2 N–H and O–H groups in total. The van der Waals surface area contributed by atoms with Gasteiger partial charge in [0.25, 0.3) is 15.9 Å². The third-order valence-electron chi connectivity index (χ3n) is 4.78. The maximum absolute atomic E-state index is 12.4. The average molecular weight is 416 g/mol. The Labute approximate surface area is 170 Å². The molecule has 0 spiro atoms. The van der Waals surface area contributed by atoms with Crippen LogP contribution in [0.1, 0.15) is 43.0 Å². The number of anilines is 1. The SMILES string of the molecule is C[C@H](OC(=O)c1ccc(S(=O)(=O)Nc2ccccc2)cc1)C(=O)NC1CCCC1. The lowest BCUT2D eigenvalue weighted by molar-refractivity contribution is -0.129. The van der Waals surface area contributed by atoms with E-state index in [1.54, 1.807) is 30.3 Å². The first kappa shape index (κ1) is 20.9. The van der Waals surface area contributed by atoms with Crippen LogP contribution in [-0.2, 0) is 19.6 Å². The van der Waals surface area contributed by atoms with Gasteiger partial charge in [0.05, 0.1) is 10.5 Å². The molecule has 0 aliphatic heterocycles. The quantitative estimate of drug-likeness (QED) is 0.676. The summed E-state index contributed by atoms with van der Waals surface area (Å²) in [5.74, 6) is -1.00. The first-order chi connectivity index (χ1) is 13.8. The topological polar surface area (TPSA) is 102 Å². The molecule has 1 fully saturated rings. The van der Waals surface area contributed by atoms with Crippen LogP contribution in [0.4, 0.5) is 5.69 Å². The maximum Gasteiger partial charge on any atom is 0.338 e. The third-order valence-corrected chi connectivity index (χ3v) is 6.18. The highest BCUT2D eigenvalue weighted by Crippen LogP contribution is 2.19. The molecule has 2 aromatic carbocycles. The van der Waals surface area contributed by atoms with E-state index in [9.17, 15) is 18.0 Å². The van der Waals surface area contributed by atoms with Crippen LogP contribution in [0.2, 0.25) is 0 Å². The molecule has 1 aliphatic rings. The highest BCUT2D eigenvalue weighted by molar-refractivity contribution is 7.92. The molecule has 0 bridgehead atoms. The Morgan fingerprint density at radius 3 is 2.24 bits per heavy atom. The lowest BCUT2D eigenvalue weighted by atomic mass is 10.2. The van der Waals surface area contributed by atoms with E-state index < -0.39 is 22.1 Å². The minimum absolute atomic E-state index is 0.0185. The Hall–Kier alpha value is -2.87. The van der Waals surface area contributed by atoms with Crippen LogP contribution in [0, 0.1) is 0 Å². The average Bonchev–Trinajstić information content (AvgIpc) is 3.21. The van der Waals surface area contributed by atoms with Crippen LogP contribution in [-0.4, -0.2) is 32.4 Å². The molecule has 0 radical (unpaired) electrons. The fourth-order valence-electron chi connectivity index (χ4n) is 3.16. The number of nitrogens with one attached hydrogen (secondary N) is 2. The summed E-state index contributed by atoms with van der Waals surface area (Å²) in [5.41, 5.74) is 0.613. The minimum Gasteiger partial charge on any atom is -0.449 e. The second-order valence-corrected chi connectivity index (χ2v) is 8.72. The van der Waals surface area contributed by atoms with Gasteiger partial charge in [0.1, 0.15) is 0 Å². The Morgan fingerprint density at radius 2 is 1.62 bits per heavy atom. The van der Waals surface area contributed by atoms with Crippen molar-refractivity contribution < 1.29 is 22.7 Å². The Balaban J connectivity index is 1.60. The molecule has 3 rings (SSSR count). The number of benzene rings is 2. The van der Waals surface area contributed by atoms with Gasteiger partial charge >= 0.3 is 5.97 Å². The van der Waals surface area contributed by atoms with Crippen LogP contribution in [0.3, 0.4) is 0 Å². The summed E-state index contributed by atoms with van der Waals surface area (Å²) >= 11 is 0. The van der Waals surface area contributed by atoms with Gasteiger partial charge in [0.15, 0.2) is 6.10 Å². The first-order valence-electron chi connectivity index (χ1n) is 9.54. The van der Waals surface area contributed by atoms with E-state index >= 15 is 0 Å². The van der Waals surface area contributed by atoms with Crippen molar-refractivity contribution in [2.24, 2.45) is 0 Å². The summed E-state index contributed by atoms with van der Waals surface area (Å²) in [4.78, 5) is 24.4. The van der Waals surface area contributed by atoms with Crippen molar-refractivity contribution in [3.05, 3.63) is 60.2 Å². The number of hydrogen-bond acceptors (Lipinski definition) is 5. The molecule has 0 aromatic heterocycles. The number of hydrogen-bond donors (Lipinski definition) is 2. The predicted molar refractivity (Wildman–Crippen MR) is 109 cm³/mol. The van der Waals surface area contributed by atoms with Gasteiger partial charge in [-0.25, -0.2) is 13.2 Å². The van der Waals surface area contributed by atoms with E-state index in [1.165, 1.54) is 31.2 Å². The highest BCUT2D eigenvalue weighted by Gasteiger charge is 2.24. The third kappa shape index (κ3) is 5.57. The molecular formula is C21H24N2O5S. The number of esters is 1. The molecular weight excluding hydrogens is 392 g/mol. The molecule has 8 heteroatoms. The van der Waals surface area contributed by atoms with Crippen LogP contribution in [0.25, 0.3) is 0 Å². The van der Waals surface area contributed by atoms with Gasteiger partial charge in [-0.05, 0) is 56.2 Å². The molecule has 0 heterocycles. The lowest BCUT2D eigenvalue weighted by Gasteiger charge is -2.17. The molecule has 1 saturated carbocycles. The van der Waals surface area contributed by atoms with E-state index in [1.807, 2.05) is 0 Å². The summed E-state index contributed by atoms with van der Waals surface area (Å²) in [6.45, 7) is 1.52. The molecule has 1 atom stereocenters. The number of amides is 1. The summed E-state index contributed by atoms with van der Waals surface area (Å²) < 4.78 is 32.5. The van der Waals surface area contributed by atoms with Crippen molar-refractivity contribution in [3.8, 4) is 0 Å². The Bertz CT molecular complexity index is 952. The molecule has 2 aromatic rings. The van der Waals surface area contributed by atoms with Crippen LogP contribution in [0.15, 0.2) is 59.5 Å². The van der Waals surface area contributed by atoms with Crippen LogP contribution >= 0.6 is 0 Å². The van der Waals surface area contributed by atoms with E-state index in [0.717, 1.165) is 25.7 Å². The Kier molecular flexibility index (Phi) is 6.53.